The minimum absolute atomic E-state index is 0.0444. The molecule has 0 aliphatic rings. The van der Waals surface area contributed by atoms with Crippen molar-refractivity contribution >= 4 is 5.97 Å². The molecule has 0 radical (unpaired) electrons. The Kier molecular flexibility index (Phi) is 3.19. The van der Waals surface area contributed by atoms with Crippen LogP contribution in [0.4, 0.5) is 0 Å². The first kappa shape index (κ1) is 13.0. The highest BCUT2D eigenvalue weighted by atomic mass is 16.4. The molecule has 3 aromatic heterocycles. The summed E-state index contributed by atoms with van der Waals surface area (Å²) in [5.74, 6) is -0.526. The Balaban J connectivity index is 2.15. The molecular weight excluding hydrogens is 268 g/mol. The molecule has 104 valence electrons. The first-order valence-electron chi connectivity index (χ1n) is 6.33. The third-order valence-corrected chi connectivity index (χ3v) is 2.97. The second kappa shape index (κ2) is 5.16. The average molecular weight is 280 g/mol. The van der Waals surface area contributed by atoms with E-state index in [1.807, 2.05) is 19.1 Å². The number of carboxylic acids is 1. The van der Waals surface area contributed by atoms with Crippen LogP contribution in [0.1, 0.15) is 16.2 Å². The third kappa shape index (κ3) is 2.51. The molecule has 21 heavy (non-hydrogen) atoms. The summed E-state index contributed by atoms with van der Waals surface area (Å²) in [5, 5.41) is 13.4. The second-order valence-electron chi connectivity index (χ2n) is 4.49. The highest BCUT2D eigenvalue weighted by molar-refractivity contribution is 5.93. The van der Waals surface area contributed by atoms with Gasteiger partial charge in [0.05, 0.1) is 11.3 Å². The summed E-state index contributed by atoms with van der Waals surface area (Å²) in [6, 6.07) is 10.8. The van der Waals surface area contributed by atoms with Crippen molar-refractivity contribution in [1.29, 1.82) is 0 Å². The first-order valence-corrected chi connectivity index (χ1v) is 6.33. The van der Waals surface area contributed by atoms with Crippen LogP contribution in [0.15, 0.2) is 48.8 Å². The Hall–Kier alpha value is -3.02. The Labute approximate surface area is 120 Å². The van der Waals surface area contributed by atoms with Crippen LogP contribution in [0.25, 0.3) is 17.1 Å². The van der Waals surface area contributed by atoms with Gasteiger partial charge in [0.2, 0.25) is 0 Å². The molecule has 0 spiro atoms. The lowest BCUT2D eigenvalue weighted by molar-refractivity contribution is 0.0690. The summed E-state index contributed by atoms with van der Waals surface area (Å²) in [6.07, 6.45) is 3.25. The average Bonchev–Trinajstić information content (AvgIpc) is 2.93. The molecule has 3 rings (SSSR count). The van der Waals surface area contributed by atoms with Gasteiger partial charge >= 0.3 is 5.97 Å². The van der Waals surface area contributed by atoms with Gasteiger partial charge < -0.3 is 5.11 Å². The topological polar surface area (TPSA) is 80.9 Å². The molecule has 0 atom stereocenters. The minimum Gasteiger partial charge on any atom is -0.476 e. The van der Waals surface area contributed by atoms with Crippen molar-refractivity contribution in [1.82, 2.24) is 19.7 Å². The van der Waals surface area contributed by atoms with Gasteiger partial charge in [-0.2, -0.15) is 5.10 Å². The summed E-state index contributed by atoms with van der Waals surface area (Å²) in [5.41, 5.74) is 1.82. The van der Waals surface area contributed by atoms with E-state index in [1.165, 1.54) is 4.68 Å². The smallest absolute Gasteiger partial charge is 0.357 e. The van der Waals surface area contributed by atoms with Crippen molar-refractivity contribution in [3.8, 4) is 17.1 Å². The van der Waals surface area contributed by atoms with Crippen LogP contribution in [0.5, 0.6) is 0 Å². The van der Waals surface area contributed by atoms with Gasteiger partial charge in [-0.25, -0.2) is 14.5 Å². The molecule has 0 amide bonds. The SMILES string of the molecule is Cc1cccc(-n2cc(-c3ccccn3)c(C(=O)O)n2)n1. The largest absolute Gasteiger partial charge is 0.476 e. The first-order chi connectivity index (χ1) is 10.1. The van der Waals surface area contributed by atoms with E-state index in [4.69, 9.17) is 0 Å². The molecule has 0 bridgehead atoms. The predicted octanol–water partition coefficient (Wildman–Crippen LogP) is 2.34. The van der Waals surface area contributed by atoms with Gasteiger partial charge in [0.1, 0.15) is 0 Å². The number of carbonyl (C=O) groups is 1. The summed E-state index contributed by atoms with van der Waals surface area (Å²) < 4.78 is 1.46. The van der Waals surface area contributed by atoms with Gasteiger partial charge in [-0.15, -0.1) is 0 Å². The number of aromatic nitrogens is 4. The van der Waals surface area contributed by atoms with E-state index in [2.05, 4.69) is 15.1 Å². The lowest BCUT2D eigenvalue weighted by atomic mass is 10.1. The molecule has 0 unspecified atom stereocenters. The maximum atomic E-state index is 11.4. The van der Waals surface area contributed by atoms with Crippen LogP contribution in [-0.4, -0.2) is 30.8 Å². The normalized spacial score (nSPS) is 10.5. The quantitative estimate of drug-likeness (QED) is 0.796. The fraction of sp³-hybridized carbons (Fsp3) is 0.0667. The number of nitrogens with zero attached hydrogens (tertiary/aromatic N) is 4. The fourth-order valence-electron chi connectivity index (χ4n) is 2.02. The molecule has 3 heterocycles. The molecule has 0 aromatic carbocycles. The molecule has 1 N–H and O–H groups in total. The molecule has 0 saturated carbocycles. The van der Waals surface area contributed by atoms with E-state index in [-0.39, 0.29) is 5.69 Å². The van der Waals surface area contributed by atoms with E-state index in [9.17, 15) is 9.90 Å². The van der Waals surface area contributed by atoms with Crippen LogP contribution >= 0.6 is 0 Å². The number of aromatic carboxylic acids is 1. The number of hydrogen-bond donors (Lipinski definition) is 1. The number of rotatable bonds is 3. The van der Waals surface area contributed by atoms with Crippen LogP contribution < -0.4 is 0 Å². The Bertz CT molecular complexity index is 796. The van der Waals surface area contributed by atoms with Crippen LogP contribution in [0, 0.1) is 6.92 Å². The summed E-state index contributed by atoms with van der Waals surface area (Å²) in [7, 11) is 0. The monoisotopic (exact) mass is 280 g/mol. The van der Waals surface area contributed by atoms with Crippen molar-refractivity contribution < 1.29 is 9.90 Å². The minimum atomic E-state index is -1.10. The van der Waals surface area contributed by atoms with Crippen molar-refractivity contribution in [3.63, 3.8) is 0 Å². The zero-order chi connectivity index (χ0) is 14.8. The lowest BCUT2D eigenvalue weighted by Crippen LogP contribution is -2.03. The summed E-state index contributed by atoms with van der Waals surface area (Å²) in [4.78, 5) is 19.9. The summed E-state index contributed by atoms with van der Waals surface area (Å²) in [6.45, 7) is 1.87. The molecule has 6 nitrogen and oxygen atoms in total. The van der Waals surface area contributed by atoms with Crippen molar-refractivity contribution in [2.75, 3.05) is 0 Å². The molecule has 0 aliphatic heterocycles. The van der Waals surface area contributed by atoms with Gasteiger partial charge in [0, 0.05) is 18.1 Å². The van der Waals surface area contributed by atoms with Crippen LogP contribution in [-0.2, 0) is 0 Å². The van der Waals surface area contributed by atoms with E-state index >= 15 is 0 Å². The van der Waals surface area contributed by atoms with Gasteiger partial charge in [-0.1, -0.05) is 12.1 Å². The predicted molar refractivity (Wildman–Crippen MR) is 76.3 cm³/mol. The molecule has 0 fully saturated rings. The van der Waals surface area contributed by atoms with E-state index in [1.54, 1.807) is 36.7 Å². The number of pyridine rings is 2. The van der Waals surface area contributed by atoms with E-state index < -0.39 is 5.97 Å². The molecule has 3 aromatic rings. The highest BCUT2D eigenvalue weighted by Crippen LogP contribution is 2.22. The molecular formula is C15H12N4O2. The van der Waals surface area contributed by atoms with Crippen molar-refractivity contribution in [2.24, 2.45) is 0 Å². The molecule has 0 saturated heterocycles. The zero-order valence-corrected chi connectivity index (χ0v) is 11.3. The fourth-order valence-corrected chi connectivity index (χ4v) is 2.02. The maximum Gasteiger partial charge on any atom is 0.357 e. The Morgan fingerprint density at radius 1 is 1.19 bits per heavy atom. The van der Waals surface area contributed by atoms with Crippen molar-refractivity contribution in [3.05, 3.63) is 60.2 Å². The van der Waals surface area contributed by atoms with Gasteiger partial charge in [0.15, 0.2) is 11.5 Å². The standard InChI is InChI=1S/C15H12N4O2/c1-10-5-4-7-13(17-10)19-9-11(14(18-19)15(20)21)12-6-2-3-8-16-12/h2-9H,1H3,(H,20,21). The van der Waals surface area contributed by atoms with Crippen molar-refractivity contribution in [2.45, 2.75) is 6.92 Å². The highest BCUT2D eigenvalue weighted by Gasteiger charge is 2.19. The molecule has 0 aliphatic carbocycles. The van der Waals surface area contributed by atoms with Gasteiger partial charge in [-0.05, 0) is 31.2 Å². The van der Waals surface area contributed by atoms with Gasteiger partial charge in [0.25, 0.3) is 0 Å². The lowest BCUT2D eigenvalue weighted by Gasteiger charge is -2.00. The maximum absolute atomic E-state index is 11.4. The van der Waals surface area contributed by atoms with Crippen LogP contribution in [0.3, 0.4) is 0 Å². The Morgan fingerprint density at radius 2 is 2.05 bits per heavy atom. The number of hydrogen-bond acceptors (Lipinski definition) is 4. The number of aryl methyl sites for hydroxylation is 1. The summed E-state index contributed by atoms with van der Waals surface area (Å²) >= 11 is 0. The second-order valence-corrected chi connectivity index (χ2v) is 4.49. The van der Waals surface area contributed by atoms with E-state index in [0.717, 1.165) is 5.69 Å². The zero-order valence-electron chi connectivity index (χ0n) is 11.3. The van der Waals surface area contributed by atoms with Crippen LogP contribution in [0.2, 0.25) is 0 Å². The Morgan fingerprint density at radius 3 is 2.71 bits per heavy atom. The molecule has 6 heteroatoms. The number of carboxylic acid groups (broad SMARTS) is 1. The van der Waals surface area contributed by atoms with Gasteiger partial charge in [-0.3, -0.25) is 4.98 Å². The van der Waals surface area contributed by atoms with E-state index in [0.29, 0.717) is 17.1 Å². The third-order valence-electron chi connectivity index (χ3n) is 2.97.